The molecule has 0 aliphatic heterocycles. The molecule has 1 N–H and O–H groups in total. The summed E-state index contributed by atoms with van der Waals surface area (Å²) < 4.78 is 5.57. The highest BCUT2D eigenvalue weighted by Gasteiger charge is 2.62. The van der Waals surface area contributed by atoms with E-state index in [1.165, 1.54) is 12.8 Å². The fourth-order valence-electron chi connectivity index (χ4n) is 3.62. The van der Waals surface area contributed by atoms with Gasteiger partial charge in [0.1, 0.15) is 6.10 Å². The SMILES string of the molecule is CCNC(=O)OC1CC2CC[C@]1(C)C2(C)C. The Morgan fingerprint density at radius 1 is 1.44 bits per heavy atom. The molecule has 2 saturated carbocycles. The van der Waals surface area contributed by atoms with Crippen molar-refractivity contribution >= 4 is 6.09 Å². The summed E-state index contributed by atoms with van der Waals surface area (Å²) in [5.74, 6) is 0.719. The highest BCUT2D eigenvalue weighted by molar-refractivity contribution is 5.67. The van der Waals surface area contributed by atoms with Crippen LogP contribution in [-0.2, 0) is 4.74 Å². The first-order chi connectivity index (χ1) is 7.41. The van der Waals surface area contributed by atoms with Crippen molar-refractivity contribution < 1.29 is 9.53 Å². The fraction of sp³-hybridized carbons (Fsp3) is 0.923. The number of carbonyl (C=O) groups is 1. The van der Waals surface area contributed by atoms with Crippen LogP contribution in [0.1, 0.15) is 47.0 Å². The molecule has 0 saturated heterocycles. The van der Waals surface area contributed by atoms with Crippen molar-refractivity contribution in [1.82, 2.24) is 5.32 Å². The molecule has 0 aromatic carbocycles. The van der Waals surface area contributed by atoms with Crippen LogP contribution in [0.2, 0.25) is 0 Å². The third kappa shape index (κ3) is 1.44. The fourth-order valence-corrected chi connectivity index (χ4v) is 3.62. The topological polar surface area (TPSA) is 38.3 Å². The van der Waals surface area contributed by atoms with Gasteiger partial charge in [0.15, 0.2) is 0 Å². The largest absolute Gasteiger partial charge is 0.446 e. The number of nitrogens with one attached hydrogen (secondary N) is 1. The molecule has 0 heterocycles. The van der Waals surface area contributed by atoms with E-state index in [4.69, 9.17) is 4.74 Å². The van der Waals surface area contributed by atoms with Crippen LogP contribution in [0.15, 0.2) is 0 Å². The lowest BCUT2D eigenvalue weighted by Crippen LogP contribution is -2.40. The molecule has 2 fully saturated rings. The average molecular weight is 225 g/mol. The zero-order chi connectivity index (χ0) is 12.0. The predicted octanol–water partition coefficient (Wildman–Crippen LogP) is 2.95. The third-order valence-electron chi connectivity index (χ3n) is 5.28. The van der Waals surface area contributed by atoms with Crippen LogP contribution in [0.5, 0.6) is 0 Å². The van der Waals surface area contributed by atoms with E-state index in [0.29, 0.717) is 12.0 Å². The summed E-state index contributed by atoms with van der Waals surface area (Å²) in [6.45, 7) is 9.48. The monoisotopic (exact) mass is 225 g/mol. The molecule has 0 radical (unpaired) electrons. The molecule has 0 aromatic heterocycles. The molecule has 16 heavy (non-hydrogen) atoms. The summed E-state index contributed by atoms with van der Waals surface area (Å²) in [7, 11) is 0. The van der Waals surface area contributed by atoms with Crippen LogP contribution in [0.4, 0.5) is 4.79 Å². The van der Waals surface area contributed by atoms with E-state index in [1.54, 1.807) is 0 Å². The van der Waals surface area contributed by atoms with Gasteiger partial charge >= 0.3 is 6.09 Å². The van der Waals surface area contributed by atoms with Crippen molar-refractivity contribution in [2.45, 2.75) is 53.1 Å². The summed E-state index contributed by atoms with van der Waals surface area (Å²) in [6.07, 6.45) is 3.37. The van der Waals surface area contributed by atoms with Gasteiger partial charge < -0.3 is 10.1 Å². The molecule has 2 rings (SSSR count). The van der Waals surface area contributed by atoms with Crippen LogP contribution in [0.3, 0.4) is 0 Å². The highest BCUT2D eigenvalue weighted by atomic mass is 16.6. The van der Waals surface area contributed by atoms with Gasteiger partial charge in [0.2, 0.25) is 0 Å². The second-order valence-electron chi connectivity index (χ2n) is 6.03. The number of fused-ring (bicyclic) bond motifs is 2. The number of ether oxygens (including phenoxy) is 1. The van der Waals surface area contributed by atoms with Crippen LogP contribution in [0, 0.1) is 16.7 Å². The summed E-state index contributed by atoms with van der Waals surface area (Å²) in [6, 6.07) is 0. The van der Waals surface area contributed by atoms with Gasteiger partial charge in [0.25, 0.3) is 0 Å². The molecule has 3 atom stereocenters. The molecule has 2 aliphatic carbocycles. The van der Waals surface area contributed by atoms with E-state index < -0.39 is 0 Å². The van der Waals surface area contributed by atoms with Gasteiger partial charge in [-0.15, -0.1) is 0 Å². The number of hydrogen-bond acceptors (Lipinski definition) is 2. The molecule has 2 bridgehead atoms. The number of carbonyl (C=O) groups excluding carboxylic acids is 1. The second-order valence-corrected chi connectivity index (χ2v) is 6.03. The Labute approximate surface area is 97.9 Å². The number of rotatable bonds is 2. The summed E-state index contributed by atoms with van der Waals surface area (Å²) in [4.78, 5) is 11.5. The van der Waals surface area contributed by atoms with Gasteiger partial charge in [0, 0.05) is 12.0 Å². The standard InChI is InChI=1S/C13H23NO2/c1-5-14-11(15)16-10-8-9-6-7-13(10,4)12(9,2)3/h9-10H,5-8H2,1-4H3,(H,14,15)/t9?,10?,13-/m0/s1. The van der Waals surface area contributed by atoms with E-state index in [-0.39, 0.29) is 17.6 Å². The zero-order valence-electron chi connectivity index (χ0n) is 10.8. The van der Waals surface area contributed by atoms with Crippen molar-refractivity contribution in [3.8, 4) is 0 Å². The van der Waals surface area contributed by atoms with Gasteiger partial charge in [-0.05, 0) is 37.5 Å². The Bertz CT molecular complexity index is 300. The quantitative estimate of drug-likeness (QED) is 0.784. The Balaban J connectivity index is 2.07. The maximum absolute atomic E-state index is 11.5. The van der Waals surface area contributed by atoms with E-state index in [2.05, 4.69) is 26.1 Å². The first-order valence-corrected chi connectivity index (χ1v) is 6.36. The van der Waals surface area contributed by atoms with E-state index in [0.717, 1.165) is 12.3 Å². The molecule has 1 amide bonds. The normalized spacial score (nSPS) is 39.8. The summed E-state index contributed by atoms with van der Waals surface area (Å²) in [5.41, 5.74) is 0.479. The molecule has 3 nitrogen and oxygen atoms in total. The van der Waals surface area contributed by atoms with Crippen molar-refractivity contribution in [3.05, 3.63) is 0 Å². The molecule has 0 aromatic rings. The Morgan fingerprint density at radius 2 is 2.12 bits per heavy atom. The predicted molar refractivity (Wildman–Crippen MR) is 63.2 cm³/mol. The van der Waals surface area contributed by atoms with Crippen LogP contribution >= 0.6 is 0 Å². The summed E-state index contributed by atoms with van der Waals surface area (Å²) in [5, 5.41) is 2.72. The molecular weight excluding hydrogens is 202 g/mol. The lowest BCUT2D eigenvalue weighted by atomic mass is 9.70. The van der Waals surface area contributed by atoms with Gasteiger partial charge in [-0.3, -0.25) is 0 Å². The zero-order valence-corrected chi connectivity index (χ0v) is 10.8. The number of alkyl carbamates (subject to hydrolysis) is 1. The van der Waals surface area contributed by atoms with Crippen molar-refractivity contribution in [2.75, 3.05) is 6.54 Å². The first kappa shape index (κ1) is 11.7. The Morgan fingerprint density at radius 3 is 2.56 bits per heavy atom. The van der Waals surface area contributed by atoms with E-state index >= 15 is 0 Å². The van der Waals surface area contributed by atoms with Crippen molar-refractivity contribution in [3.63, 3.8) is 0 Å². The van der Waals surface area contributed by atoms with E-state index in [1.807, 2.05) is 6.92 Å². The van der Waals surface area contributed by atoms with Crippen LogP contribution < -0.4 is 5.32 Å². The van der Waals surface area contributed by atoms with Crippen molar-refractivity contribution in [1.29, 1.82) is 0 Å². The van der Waals surface area contributed by atoms with Gasteiger partial charge in [-0.1, -0.05) is 20.8 Å². The molecule has 3 heteroatoms. The average Bonchev–Trinajstić information content (AvgIpc) is 2.51. The highest BCUT2D eigenvalue weighted by Crippen LogP contribution is 2.66. The molecule has 2 aliphatic rings. The molecule has 0 spiro atoms. The number of amides is 1. The first-order valence-electron chi connectivity index (χ1n) is 6.36. The maximum Gasteiger partial charge on any atom is 0.407 e. The van der Waals surface area contributed by atoms with Crippen molar-refractivity contribution in [2.24, 2.45) is 16.7 Å². The van der Waals surface area contributed by atoms with Gasteiger partial charge in [0.05, 0.1) is 0 Å². The Kier molecular flexibility index (Phi) is 2.67. The Hall–Kier alpha value is -0.730. The lowest BCUT2D eigenvalue weighted by Gasteiger charge is -2.38. The second kappa shape index (κ2) is 3.64. The van der Waals surface area contributed by atoms with Gasteiger partial charge in [-0.2, -0.15) is 0 Å². The molecular formula is C13H23NO2. The number of hydrogen-bond donors (Lipinski definition) is 1. The van der Waals surface area contributed by atoms with E-state index in [9.17, 15) is 4.79 Å². The van der Waals surface area contributed by atoms with Crippen LogP contribution in [-0.4, -0.2) is 18.7 Å². The third-order valence-corrected chi connectivity index (χ3v) is 5.28. The smallest absolute Gasteiger partial charge is 0.407 e. The minimum absolute atomic E-state index is 0.104. The van der Waals surface area contributed by atoms with Gasteiger partial charge in [-0.25, -0.2) is 4.79 Å². The minimum atomic E-state index is -0.253. The van der Waals surface area contributed by atoms with Crippen LogP contribution in [0.25, 0.3) is 0 Å². The minimum Gasteiger partial charge on any atom is -0.446 e. The molecule has 92 valence electrons. The maximum atomic E-state index is 11.5. The summed E-state index contributed by atoms with van der Waals surface area (Å²) >= 11 is 0. The lowest BCUT2D eigenvalue weighted by molar-refractivity contribution is -0.00398. The molecule has 2 unspecified atom stereocenters.